The van der Waals surface area contributed by atoms with Crippen molar-refractivity contribution in [2.45, 2.75) is 0 Å². The van der Waals surface area contributed by atoms with E-state index < -0.39 is 4.92 Å². The van der Waals surface area contributed by atoms with Crippen molar-refractivity contribution >= 4 is 23.0 Å². The molecule has 3 rings (SSSR count). The molecule has 1 aliphatic rings. The fourth-order valence-electron chi connectivity index (χ4n) is 3.38. The molecule has 0 atom stereocenters. The molecule has 1 amide bonds. The van der Waals surface area contributed by atoms with Crippen LogP contribution < -0.4 is 24.6 Å². The van der Waals surface area contributed by atoms with Crippen molar-refractivity contribution in [1.29, 1.82) is 0 Å². The molecule has 9 nitrogen and oxygen atoms in total. The molecule has 1 fully saturated rings. The van der Waals surface area contributed by atoms with Gasteiger partial charge >= 0.3 is 0 Å². The molecule has 1 saturated heterocycles. The van der Waals surface area contributed by atoms with Crippen LogP contribution in [0.5, 0.6) is 11.5 Å². The number of anilines is 2. The van der Waals surface area contributed by atoms with Gasteiger partial charge in [-0.1, -0.05) is 6.07 Å². The van der Waals surface area contributed by atoms with Crippen LogP contribution in [0.2, 0.25) is 0 Å². The van der Waals surface area contributed by atoms with E-state index in [1.807, 2.05) is 18.2 Å². The van der Waals surface area contributed by atoms with Crippen LogP contribution in [0.15, 0.2) is 42.5 Å². The molecule has 0 spiro atoms. The largest absolute Gasteiger partial charge is 0.497 e. The monoisotopic (exact) mass is 401 g/mol. The van der Waals surface area contributed by atoms with Crippen LogP contribution in [0.4, 0.5) is 17.1 Å². The lowest BCUT2D eigenvalue weighted by atomic mass is 10.2. The highest BCUT2D eigenvalue weighted by Gasteiger charge is 2.23. The molecule has 0 bridgehead atoms. The Balaban J connectivity index is 1.54. The summed E-state index contributed by atoms with van der Waals surface area (Å²) in [6, 6.07) is 12.1. The van der Waals surface area contributed by atoms with E-state index in [0.29, 0.717) is 12.2 Å². The van der Waals surface area contributed by atoms with Gasteiger partial charge in [0.1, 0.15) is 11.5 Å². The second-order valence-corrected chi connectivity index (χ2v) is 6.81. The quantitative estimate of drug-likeness (QED) is 0.530. The Kier molecular flexibility index (Phi) is 6.50. The predicted octanol–water partition coefficient (Wildman–Crippen LogP) is 0.956. The number of nitro benzene ring substituents is 1. The smallest absolute Gasteiger partial charge is 0.279 e. The van der Waals surface area contributed by atoms with Crippen molar-refractivity contribution in [3.63, 3.8) is 0 Å². The number of carbonyl (C=O) groups excluding carboxylic acids is 1. The van der Waals surface area contributed by atoms with Gasteiger partial charge in [0.15, 0.2) is 6.54 Å². The molecule has 0 aliphatic carbocycles. The number of rotatable bonds is 7. The van der Waals surface area contributed by atoms with Crippen molar-refractivity contribution in [2.75, 3.05) is 57.2 Å². The third-order valence-electron chi connectivity index (χ3n) is 4.97. The molecular formula is C20H25N4O5+. The maximum absolute atomic E-state index is 12.5. The summed E-state index contributed by atoms with van der Waals surface area (Å²) in [5, 5.41) is 13.7. The molecule has 154 valence electrons. The van der Waals surface area contributed by atoms with Gasteiger partial charge in [-0.3, -0.25) is 14.9 Å². The zero-order chi connectivity index (χ0) is 20.8. The van der Waals surface area contributed by atoms with E-state index in [-0.39, 0.29) is 17.3 Å². The second-order valence-electron chi connectivity index (χ2n) is 6.81. The first kappa shape index (κ1) is 20.4. The van der Waals surface area contributed by atoms with Crippen LogP contribution in [-0.4, -0.2) is 57.8 Å². The van der Waals surface area contributed by atoms with Crippen molar-refractivity contribution < 1.29 is 24.1 Å². The summed E-state index contributed by atoms with van der Waals surface area (Å²) in [7, 11) is 3.07. The number of hydrogen-bond acceptors (Lipinski definition) is 6. The molecule has 9 heteroatoms. The molecule has 0 aromatic heterocycles. The first-order valence-electron chi connectivity index (χ1n) is 9.35. The van der Waals surface area contributed by atoms with Crippen molar-refractivity contribution in [1.82, 2.24) is 0 Å². The SMILES string of the molecule is COc1cccc(N2CC[NH+](CC(=O)Nc3ccc([N+](=O)[O-])cc3OC)CC2)c1. The summed E-state index contributed by atoms with van der Waals surface area (Å²) in [4.78, 5) is 26.3. The standard InChI is InChI=1S/C20H24N4O5/c1-28-17-5-3-4-15(12-17)23-10-8-22(9-11-23)14-20(25)21-18-7-6-16(24(26)27)13-19(18)29-2/h3-7,12-13H,8-11,14H2,1-2H3,(H,21,25)/p+1. The van der Waals surface area contributed by atoms with Gasteiger partial charge in [0.25, 0.3) is 11.6 Å². The van der Waals surface area contributed by atoms with Crippen LogP contribution in [0.25, 0.3) is 0 Å². The van der Waals surface area contributed by atoms with Gasteiger partial charge in [0.2, 0.25) is 0 Å². The number of ether oxygens (including phenoxy) is 2. The van der Waals surface area contributed by atoms with Crippen LogP contribution in [0.1, 0.15) is 0 Å². The Hall–Kier alpha value is -3.33. The lowest BCUT2D eigenvalue weighted by molar-refractivity contribution is -0.892. The number of nitro groups is 1. The topological polar surface area (TPSA) is 98.4 Å². The van der Waals surface area contributed by atoms with Gasteiger partial charge in [0.05, 0.1) is 57.1 Å². The minimum absolute atomic E-state index is 0.0841. The average molecular weight is 401 g/mol. The minimum Gasteiger partial charge on any atom is -0.497 e. The summed E-state index contributed by atoms with van der Waals surface area (Å²) >= 11 is 0. The van der Waals surface area contributed by atoms with Crippen molar-refractivity contribution in [2.24, 2.45) is 0 Å². The summed E-state index contributed by atoms with van der Waals surface area (Å²) in [6.07, 6.45) is 0. The van der Waals surface area contributed by atoms with Gasteiger partial charge in [-0.05, 0) is 18.2 Å². The van der Waals surface area contributed by atoms with Gasteiger partial charge in [-0.15, -0.1) is 0 Å². The summed E-state index contributed by atoms with van der Waals surface area (Å²) < 4.78 is 10.4. The Bertz CT molecular complexity index is 881. The highest BCUT2D eigenvalue weighted by Crippen LogP contribution is 2.28. The van der Waals surface area contributed by atoms with Gasteiger partial charge in [0, 0.05) is 17.8 Å². The molecule has 2 aromatic rings. The summed E-state index contributed by atoms with van der Waals surface area (Å²) in [5.41, 5.74) is 1.46. The van der Waals surface area contributed by atoms with Crippen molar-refractivity contribution in [3.05, 3.63) is 52.6 Å². The molecular weight excluding hydrogens is 376 g/mol. The highest BCUT2D eigenvalue weighted by atomic mass is 16.6. The van der Waals surface area contributed by atoms with E-state index in [9.17, 15) is 14.9 Å². The Morgan fingerprint density at radius 2 is 1.93 bits per heavy atom. The number of amides is 1. The average Bonchev–Trinajstić information content (AvgIpc) is 2.74. The number of quaternary nitrogens is 1. The van der Waals surface area contributed by atoms with Crippen LogP contribution in [-0.2, 0) is 4.79 Å². The molecule has 0 radical (unpaired) electrons. The van der Waals surface area contributed by atoms with Crippen LogP contribution in [0, 0.1) is 10.1 Å². The van der Waals surface area contributed by atoms with E-state index in [0.717, 1.165) is 37.6 Å². The summed E-state index contributed by atoms with van der Waals surface area (Å²) in [5.74, 6) is 0.945. The van der Waals surface area contributed by atoms with Crippen LogP contribution in [0.3, 0.4) is 0 Å². The van der Waals surface area contributed by atoms with E-state index in [4.69, 9.17) is 9.47 Å². The Morgan fingerprint density at radius 3 is 2.59 bits per heavy atom. The zero-order valence-electron chi connectivity index (χ0n) is 16.5. The van der Waals surface area contributed by atoms with E-state index in [1.54, 1.807) is 7.11 Å². The second kappa shape index (κ2) is 9.24. The number of piperazine rings is 1. The lowest BCUT2D eigenvalue weighted by Crippen LogP contribution is -3.15. The molecule has 2 aromatic carbocycles. The van der Waals surface area contributed by atoms with E-state index >= 15 is 0 Å². The zero-order valence-corrected chi connectivity index (χ0v) is 16.5. The molecule has 1 aliphatic heterocycles. The van der Waals surface area contributed by atoms with Crippen LogP contribution >= 0.6 is 0 Å². The first-order valence-corrected chi connectivity index (χ1v) is 9.35. The van der Waals surface area contributed by atoms with Crippen molar-refractivity contribution in [3.8, 4) is 11.5 Å². The maximum Gasteiger partial charge on any atom is 0.279 e. The molecule has 0 unspecified atom stereocenters. The van der Waals surface area contributed by atoms with Gasteiger partial charge < -0.3 is 24.6 Å². The minimum atomic E-state index is -0.500. The first-order chi connectivity index (χ1) is 14.0. The predicted molar refractivity (Wildman–Crippen MR) is 109 cm³/mol. The number of methoxy groups -OCH3 is 2. The number of carbonyl (C=O) groups is 1. The number of nitrogens with one attached hydrogen (secondary N) is 2. The molecule has 2 N–H and O–H groups in total. The van der Waals surface area contributed by atoms with Gasteiger partial charge in [-0.25, -0.2) is 0 Å². The van der Waals surface area contributed by atoms with Gasteiger partial charge in [-0.2, -0.15) is 0 Å². The normalized spacial score (nSPS) is 14.3. The fourth-order valence-corrected chi connectivity index (χ4v) is 3.38. The van der Waals surface area contributed by atoms with E-state index in [2.05, 4.69) is 16.3 Å². The maximum atomic E-state index is 12.5. The number of non-ortho nitro benzene ring substituents is 1. The lowest BCUT2D eigenvalue weighted by Gasteiger charge is -2.33. The Labute approximate surface area is 169 Å². The third-order valence-corrected chi connectivity index (χ3v) is 4.97. The number of benzene rings is 2. The molecule has 29 heavy (non-hydrogen) atoms. The molecule has 0 saturated carbocycles. The number of nitrogens with zero attached hydrogens (tertiary/aromatic N) is 2. The Morgan fingerprint density at radius 1 is 1.17 bits per heavy atom. The summed E-state index contributed by atoms with van der Waals surface area (Å²) in [6.45, 7) is 3.68. The fraction of sp³-hybridized carbons (Fsp3) is 0.350. The third kappa shape index (κ3) is 5.14. The number of hydrogen-bond donors (Lipinski definition) is 2. The van der Waals surface area contributed by atoms with E-state index in [1.165, 1.54) is 30.2 Å². The highest BCUT2D eigenvalue weighted by molar-refractivity contribution is 5.93. The molecule has 1 heterocycles.